The highest BCUT2D eigenvalue weighted by molar-refractivity contribution is 5.86. The van der Waals surface area contributed by atoms with Crippen molar-refractivity contribution in [3.8, 4) is 22.9 Å². The van der Waals surface area contributed by atoms with Gasteiger partial charge in [0.1, 0.15) is 11.9 Å². The van der Waals surface area contributed by atoms with E-state index in [9.17, 15) is 0 Å². The summed E-state index contributed by atoms with van der Waals surface area (Å²) in [7, 11) is 1.70. The summed E-state index contributed by atoms with van der Waals surface area (Å²) < 4.78 is 11.4. The maximum absolute atomic E-state index is 8.83. The lowest BCUT2D eigenvalue weighted by atomic mass is 10.0. The first-order valence-electron chi connectivity index (χ1n) is 10.0. The Hall–Kier alpha value is -2.88. The number of benzene rings is 2. The van der Waals surface area contributed by atoms with Crippen LogP contribution in [0.15, 0.2) is 36.4 Å². The number of piperidine rings is 1. The van der Waals surface area contributed by atoms with Gasteiger partial charge in [0, 0.05) is 32.0 Å². The van der Waals surface area contributed by atoms with Gasteiger partial charge >= 0.3 is 0 Å². The first-order valence-corrected chi connectivity index (χ1v) is 10.0. The summed E-state index contributed by atoms with van der Waals surface area (Å²) in [5, 5.41) is 17.5. The van der Waals surface area contributed by atoms with Crippen LogP contribution in [0.5, 0.6) is 5.75 Å². The fraction of sp³-hybridized carbons (Fsp3) is 0.391. The zero-order valence-corrected chi connectivity index (χ0v) is 16.6. The number of hydrogen-bond acceptors (Lipinski definition) is 5. The molecule has 149 valence electrons. The Morgan fingerprint density at radius 3 is 2.93 bits per heavy atom. The molecule has 0 unspecified atom stereocenters. The molecule has 2 heterocycles. The first kappa shape index (κ1) is 19.4. The van der Waals surface area contributed by atoms with E-state index in [4.69, 9.17) is 14.7 Å². The molecule has 1 fully saturated rings. The summed E-state index contributed by atoms with van der Waals surface area (Å²) in [6, 6.07) is 17.8. The Morgan fingerprint density at radius 2 is 2.14 bits per heavy atom. The first-order chi connectivity index (χ1) is 14.3. The molecule has 1 saturated heterocycles. The number of nitrogens with zero attached hydrogens (tertiary/aromatic N) is 3. The molecule has 0 atom stereocenters. The Bertz CT molecular complexity index is 1000. The minimum atomic E-state index is 0.193. The molecule has 1 radical (unpaired) electrons. The van der Waals surface area contributed by atoms with Gasteiger partial charge in [-0.3, -0.25) is 10.00 Å². The van der Waals surface area contributed by atoms with Crippen molar-refractivity contribution in [2.24, 2.45) is 0 Å². The monoisotopic (exact) mass is 389 g/mol. The fourth-order valence-corrected chi connectivity index (χ4v) is 3.80. The summed E-state index contributed by atoms with van der Waals surface area (Å²) in [5.74, 6) is 0.864. The second-order valence-electron chi connectivity index (χ2n) is 7.36. The third-order valence-corrected chi connectivity index (χ3v) is 5.40. The summed E-state index contributed by atoms with van der Waals surface area (Å²) in [5.41, 5.74) is 4.11. The smallest absolute Gasteiger partial charge is 0.120 e. The van der Waals surface area contributed by atoms with E-state index >= 15 is 0 Å². The zero-order chi connectivity index (χ0) is 20.1. The number of fused-ring (bicyclic) bond motifs is 1. The lowest BCUT2D eigenvalue weighted by Gasteiger charge is -2.30. The van der Waals surface area contributed by atoms with Crippen molar-refractivity contribution in [2.75, 3.05) is 33.4 Å². The highest BCUT2D eigenvalue weighted by atomic mass is 16.5. The molecule has 0 spiro atoms. The Morgan fingerprint density at radius 1 is 1.28 bits per heavy atom. The van der Waals surface area contributed by atoms with Gasteiger partial charge in [0.05, 0.1) is 30.4 Å². The molecule has 1 aliphatic heterocycles. The van der Waals surface area contributed by atoms with Crippen molar-refractivity contribution in [3.05, 3.63) is 48.2 Å². The van der Waals surface area contributed by atoms with Gasteiger partial charge in [-0.15, -0.1) is 0 Å². The van der Waals surface area contributed by atoms with Crippen molar-refractivity contribution >= 4 is 10.9 Å². The van der Waals surface area contributed by atoms with E-state index in [1.165, 1.54) is 0 Å². The van der Waals surface area contributed by atoms with Crippen LogP contribution in [-0.2, 0) is 11.2 Å². The van der Waals surface area contributed by atoms with Crippen LogP contribution in [0.2, 0.25) is 0 Å². The Balaban J connectivity index is 1.46. The molecule has 0 bridgehead atoms. The van der Waals surface area contributed by atoms with E-state index < -0.39 is 0 Å². The molecule has 1 N–H and O–H groups in total. The minimum absolute atomic E-state index is 0.193. The second kappa shape index (κ2) is 9.08. The van der Waals surface area contributed by atoms with Gasteiger partial charge in [-0.2, -0.15) is 10.4 Å². The molecular formula is C23H25N4O2. The maximum Gasteiger partial charge on any atom is 0.120 e. The molecule has 1 aliphatic rings. The quantitative estimate of drug-likeness (QED) is 0.625. The fourth-order valence-electron chi connectivity index (χ4n) is 3.80. The highest BCUT2D eigenvalue weighted by Crippen LogP contribution is 2.28. The largest absolute Gasteiger partial charge is 0.490 e. The molecule has 0 saturated carbocycles. The van der Waals surface area contributed by atoms with E-state index in [0.29, 0.717) is 13.2 Å². The summed E-state index contributed by atoms with van der Waals surface area (Å²) in [6.45, 7) is 2.97. The lowest BCUT2D eigenvalue weighted by Crippen LogP contribution is -2.38. The van der Waals surface area contributed by atoms with Crippen molar-refractivity contribution in [2.45, 2.75) is 25.4 Å². The average molecular weight is 389 g/mol. The molecular weight excluding hydrogens is 364 g/mol. The van der Waals surface area contributed by atoms with Crippen molar-refractivity contribution in [1.29, 1.82) is 5.26 Å². The number of methoxy groups -OCH3 is 1. The van der Waals surface area contributed by atoms with Crippen molar-refractivity contribution in [3.63, 3.8) is 0 Å². The van der Waals surface area contributed by atoms with Gasteiger partial charge in [-0.25, -0.2) is 0 Å². The van der Waals surface area contributed by atoms with Crippen molar-refractivity contribution < 1.29 is 9.47 Å². The van der Waals surface area contributed by atoms with E-state index in [2.05, 4.69) is 45.4 Å². The van der Waals surface area contributed by atoms with Crippen LogP contribution >= 0.6 is 0 Å². The number of nitrogens with one attached hydrogen (secondary N) is 1. The van der Waals surface area contributed by atoms with E-state index in [1.807, 2.05) is 18.2 Å². The van der Waals surface area contributed by atoms with E-state index in [0.717, 1.165) is 65.8 Å². The molecule has 6 heteroatoms. The van der Waals surface area contributed by atoms with Crippen molar-refractivity contribution in [1.82, 2.24) is 15.1 Å². The molecule has 1 aromatic heterocycles. The molecule has 2 aromatic carbocycles. The summed E-state index contributed by atoms with van der Waals surface area (Å²) in [4.78, 5) is 2.17. The van der Waals surface area contributed by atoms with Crippen LogP contribution in [0.4, 0.5) is 0 Å². The summed E-state index contributed by atoms with van der Waals surface area (Å²) in [6.07, 6.45) is 2.87. The normalized spacial score (nSPS) is 15.4. The van der Waals surface area contributed by atoms with Gasteiger partial charge < -0.3 is 9.47 Å². The molecule has 0 amide bonds. The standard InChI is InChI=1S/C23H25N4O2/c1-28-14-9-22-21-6-5-18(16-23(21)26-25-22)17-3-2-4-20(15-17)29-19-7-11-27(12-8-19)13-10-24/h2,4-6,15-16,19H,7-9,11-14H2,1H3,(H,25,26). The SMILES string of the molecule is COCCc1n[nH]c2cc(-c3[c]ccc(OC4CCN(CC#N)CC4)c3)ccc12. The number of nitriles is 1. The maximum atomic E-state index is 8.83. The van der Waals surface area contributed by atoms with Gasteiger partial charge in [0.2, 0.25) is 0 Å². The predicted octanol–water partition coefficient (Wildman–Crippen LogP) is 3.59. The molecule has 29 heavy (non-hydrogen) atoms. The number of rotatable bonds is 7. The molecule has 6 nitrogen and oxygen atoms in total. The van der Waals surface area contributed by atoms with Crippen LogP contribution in [0.3, 0.4) is 0 Å². The molecule has 4 rings (SSSR count). The molecule has 3 aromatic rings. The Labute approximate surface area is 171 Å². The van der Waals surface area contributed by atoms with E-state index in [-0.39, 0.29) is 6.10 Å². The number of ether oxygens (including phenoxy) is 2. The van der Waals surface area contributed by atoms with Crippen LogP contribution in [-0.4, -0.2) is 54.6 Å². The molecule has 0 aliphatic carbocycles. The van der Waals surface area contributed by atoms with Crippen LogP contribution < -0.4 is 4.74 Å². The second-order valence-corrected chi connectivity index (χ2v) is 7.36. The van der Waals surface area contributed by atoms with E-state index in [1.54, 1.807) is 7.11 Å². The highest BCUT2D eigenvalue weighted by Gasteiger charge is 2.20. The number of aromatic nitrogens is 2. The van der Waals surface area contributed by atoms with Crippen LogP contribution in [0, 0.1) is 17.4 Å². The lowest BCUT2D eigenvalue weighted by molar-refractivity contribution is 0.108. The van der Waals surface area contributed by atoms with Gasteiger partial charge in [0.15, 0.2) is 0 Å². The number of H-pyrrole nitrogens is 1. The van der Waals surface area contributed by atoms with Gasteiger partial charge in [0.25, 0.3) is 0 Å². The van der Waals surface area contributed by atoms with Gasteiger partial charge in [-0.1, -0.05) is 18.2 Å². The third kappa shape index (κ3) is 4.58. The zero-order valence-electron chi connectivity index (χ0n) is 16.6. The van der Waals surface area contributed by atoms with Crippen LogP contribution in [0.1, 0.15) is 18.5 Å². The van der Waals surface area contributed by atoms with Crippen LogP contribution in [0.25, 0.3) is 22.0 Å². The predicted molar refractivity (Wildman–Crippen MR) is 112 cm³/mol. The summed E-state index contributed by atoms with van der Waals surface area (Å²) >= 11 is 0. The third-order valence-electron chi connectivity index (χ3n) is 5.40. The topological polar surface area (TPSA) is 74.2 Å². The number of likely N-dealkylation sites (tertiary alicyclic amines) is 1. The minimum Gasteiger partial charge on any atom is -0.490 e. The number of aromatic amines is 1. The average Bonchev–Trinajstić information content (AvgIpc) is 3.16. The Kier molecular flexibility index (Phi) is 6.09. The number of hydrogen-bond donors (Lipinski definition) is 1. The van der Waals surface area contributed by atoms with Gasteiger partial charge in [-0.05, 0) is 48.2 Å².